The van der Waals surface area contributed by atoms with Crippen molar-refractivity contribution in [2.75, 3.05) is 5.32 Å². The van der Waals surface area contributed by atoms with Gasteiger partial charge in [0.05, 0.1) is 11.8 Å². The lowest BCUT2D eigenvalue weighted by Gasteiger charge is -2.17. The predicted molar refractivity (Wildman–Crippen MR) is 127 cm³/mol. The van der Waals surface area contributed by atoms with Crippen LogP contribution in [0.5, 0.6) is 0 Å². The Morgan fingerprint density at radius 1 is 1.09 bits per heavy atom. The number of para-hydroxylation sites is 1. The summed E-state index contributed by atoms with van der Waals surface area (Å²) in [6.07, 6.45) is 1.30. The molecule has 0 unspecified atom stereocenters. The fourth-order valence-corrected chi connectivity index (χ4v) is 4.06. The Morgan fingerprint density at radius 2 is 1.82 bits per heavy atom. The zero-order chi connectivity index (χ0) is 23.8. The average Bonchev–Trinajstić information content (AvgIpc) is 3.20. The summed E-state index contributed by atoms with van der Waals surface area (Å²) in [6.45, 7) is 1.22. The zero-order valence-electron chi connectivity index (χ0n) is 18.2. The van der Waals surface area contributed by atoms with Crippen LogP contribution in [0.2, 0.25) is 0 Å². The first-order chi connectivity index (χ1) is 16.4. The topological polar surface area (TPSA) is 97.4 Å². The smallest absolute Gasteiger partial charge is 0.323 e. The quantitative estimate of drug-likeness (QED) is 0.363. The van der Waals surface area contributed by atoms with Crippen LogP contribution in [-0.4, -0.2) is 20.6 Å². The second kappa shape index (κ2) is 8.47. The van der Waals surface area contributed by atoms with Gasteiger partial charge in [-0.05, 0) is 36.8 Å². The molecule has 0 saturated carbocycles. The molecular formula is C26H20FN3O4. The van der Waals surface area contributed by atoms with Crippen molar-refractivity contribution in [1.29, 1.82) is 0 Å². The maximum absolute atomic E-state index is 14.3. The number of anilines is 1. The van der Waals surface area contributed by atoms with Crippen molar-refractivity contribution in [3.63, 3.8) is 0 Å². The first-order valence-electron chi connectivity index (χ1n) is 10.7. The number of benzene rings is 3. The maximum Gasteiger partial charge on any atom is 0.323 e. The molecule has 5 rings (SSSR count). The van der Waals surface area contributed by atoms with E-state index < -0.39 is 23.9 Å². The van der Waals surface area contributed by atoms with Gasteiger partial charge in [0.15, 0.2) is 0 Å². The summed E-state index contributed by atoms with van der Waals surface area (Å²) in [4.78, 5) is 28.8. The Kier molecular flexibility index (Phi) is 5.33. The highest BCUT2D eigenvalue weighted by Crippen LogP contribution is 2.31. The molecule has 2 N–H and O–H groups in total. The van der Waals surface area contributed by atoms with E-state index in [2.05, 4.69) is 10.3 Å². The number of nitrogens with zero attached hydrogens (tertiary/aromatic N) is 2. The van der Waals surface area contributed by atoms with Gasteiger partial charge in [-0.2, -0.15) is 0 Å². The van der Waals surface area contributed by atoms with Gasteiger partial charge < -0.3 is 14.8 Å². The van der Waals surface area contributed by atoms with Gasteiger partial charge in [-0.3, -0.25) is 14.2 Å². The minimum Gasteiger partial charge on any atom is -0.480 e. The highest BCUT2D eigenvalue weighted by atomic mass is 19.1. The molecular weight excluding hydrogens is 437 g/mol. The van der Waals surface area contributed by atoms with Gasteiger partial charge in [0.1, 0.15) is 35.0 Å². The van der Waals surface area contributed by atoms with Crippen molar-refractivity contribution in [3.8, 4) is 11.4 Å². The number of rotatable bonds is 6. The van der Waals surface area contributed by atoms with E-state index in [1.807, 2.05) is 49.4 Å². The molecule has 5 aromatic rings. The van der Waals surface area contributed by atoms with Crippen molar-refractivity contribution >= 4 is 33.6 Å². The molecule has 34 heavy (non-hydrogen) atoms. The Morgan fingerprint density at radius 3 is 2.62 bits per heavy atom. The number of furan rings is 1. The average molecular weight is 457 g/mol. The molecule has 170 valence electrons. The number of hydrogen-bond acceptors (Lipinski definition) is 5. The molecule has 0 spiro atoms. The van der Waals surface area contributed by atoms with E-state index in [4.69, 9.17) is 4.42 Å². The van der Waals surface area contributed by atoms with Crippen LogP contribution in [-0.2, 0) is 11.3 Å². The molecule has 0 radical (unpaired) electrons. The molecule has 2 aromatic heterocycles. The molecule has 1 atom stereocenters. The first-order valence-corrected chi connectivity index (χ1v) is 10.7. The Bertz CT molecular complexity index is 1610. The van der Waals surface area contributed by atoms with Crippen LogP contribution in [0, 0.1) is 5.82 Å². The van der Waals surface area contributed by atoms with Crippen LogP contribution < -0.4 is 10.9 Å². The normalized spacial score (nSPS) is 12.2. The number of hydrogen-bond donors (Lipinski definition) is 2. The van der Waals surface area contributed by atoms with Crippen LogP contribution in [0.1, 0.15) is 18.5 Å². The third-order valence-electron chi connectivity index (χ3n) is 5.73. The van der Waals surface area contributed by atoms with Crippen LogP contribution >= 0.6 is 0 Å². The molecule has 2 heterocycles. The lowest BCUT2D eigenvalue weighted by atomic mass is 10.1. The Hall–Kier alpha value is -4.46. The van der Waals surface area contributed by atoms with Gasteiger partial charge in [0, 0.05) is 16.8 Å². The highest BCUT2D eigenvalue weighted by Gasteiger charge is 2.19. The SMILES string of the molecule is C[C@@H](Nc1cnc(-c2ccccc2F)n(CC(=O)O)c1=O)c1ccc2c(c1)oc1ccccc12. The van der Waals surface area contributed by atoms with Gasteiger partial charge >= 0.3 is 5.97 Å². The van der Waals surface area contributed by atoms with Gasteiger partial charge in [-0.1, -0.05) is 42.5 Å². The van der Waals surface area contributed by atoms with E-state index in [9.17, 15) is 19.1 Å². The van der Waals surface area contributed by atoms with Crippen LogP contribution in [0.3, 0.4) is 0 Å². The van der Waals surface area contributed by atoms with Crippen molar-refractivity contribution in [3.05, 3.63) is 94.7 Å². The summed E-state index contributed by atoms with van der Waals surface area (Å²) in [5, 5.41) is 14.5. The fourth-order valence-electron chi connectivity index (χ4n) is 4.06. The molecule has 0 fully saturated rings. The minimum atomic E-state index is -1.23. The molecule has 0 saturated heterocycles. The largest absolute Gasteiger partial charge is 0.480 e. The monoisotopic (exact) mass is 457 g/mol. The fraction of sp³-hybridized carbons (Fsp3) is 0.115. The number of aromatic nitrogens is 2. The summed E-state index contributed by atoms with van der Waals surface area (Å²) >= 11 is 0. The Balaban J connectivity index is 1.51. The van der Waals surface area contributed by atoms with Crippen LogP contribution in [0.4, 0.5) is 10.1 Å². The molecule has 0 bridgehead atoms. The first kappa shape index (κ1) is 21.4. The van der Waals surface area contributed by atoms with E-state index in [1.54, 1.807) is 6.07 Å². The summed E-state index contributed by atoms with van der Waals surface area (Å²) in [5.74, 6) is -1.88. The van der Waals surface area contributed by atoms with E-state index >= 15 is 0 Å². The third kappa shape index (κ3) is 3.79. The van der Waals surface area contributed by atoms with Crippen molar-refractivity contribution < 1.29 is 18.7 Å². The Labute approximate surface area is 193 Å². The molecule has 0 amide bonds. The number of carboxylic acid groups (broad SMARTS) is 1. The number of fused-ring (bicyclic) bond motifs is 3. The third-order valence-corrected chi connectivity index (χ3v) is 5.73. The molecule has 3 aromatic carbocycles. The van der Waals surface area contributed by atoms with Crippen LogP contribution in [0.25, 0.3) is 33.3 Å². The van der Waals surface area contributed by atoms with Crippen molar-refractivity contribution in [1.82, 2.24) is 9.55 Å². The lowest BCUT2D eigenvalue weighted by Crippen LogP contribution is -2.29. The van der Waals surface area contributed by atoms with E-state index in [1.165, 1.54) is 24.4 Å². The van der Waals surface area contributed by atoms with E-state index in [0.717, 1.165) is 32.1 Å². The van der Waals surface area contributed by atoms with Gasteiger partial charge in [0.25, 0.3) is 5.56 Å². The number of aliphatic carboxylic acids is 1. The standard InChI is InChI=1S/C26H20FN3O4/c1-15(16-10-11-18-17-6-3-5-9-22(17)34-23(18)12-16)29-21-13-28-25(19-7-2-4-8-20(19)27)30(26(21)33)14-24(31)32/h2-13,15,29H,14H2,1H3,(H,31,32)/t15-/m1/s1. The van der Waals surface area contributed by atoms with Crippen molar-refractivity contribution in [2.45, 2.75) is 19.5 Å². The van der Waals surface area contributed by atoms with Crippen molar-refractivity contribution in [2.24, 2.45) is 0 Å². The molecule has 8 heteroatoms. The second-order valence-electron chi connectivity index (χ2n) is 7.98. The van der Waals surface area contributed by atoms with Crippen LogP contribution in [0.15, 0.2) is 82.1 Å². The van der Waals surface area contributed by atoms with E-state index in [-0.39, 0.29) is 23.1 Å². The summed E-state index contributed by atoms with van der Waals surface area (Å²) in [6, 6.07) is 19.1. The number of halogens is 1. The number of carboxylic acids is 1. The zero-order valence-corrected chi connectivity index (χ0v) is 18.2. The van der Waals surface area contributed by atoms with Gasteiger partial charge in [-0.15, -0.1) is 0 Å². The molecule has 7 nitrogen and oxygen atoms in total. The number of nitrogens with one attached hydrogen (secondary N) is 1. The second-order valence-corrected chi connectivity index (χ2v) is 7.98. The van der Waals surface area contributed by atoms with E-state index in [0.29, 0.717) is 0 Å². The maximum atomic E-state index is 14.3. The molecule has 0 aliphatic heterocycles. The molecule has 0 aliphatic rings. The lowest BCUT2D eigenvalue weighted by molar-refractivity contribution is -0.137. The van der Waals surface area contributed by atoms with Gasteiger partial charge in [-0.25, -0.2) is 9.37 Å². The predicted octanol–water partition coefficient (Wildman–Crippen LogP) is 5.21. The summed E-state index contributed by atoms with van der Waals surface area (Å²) in [7, 11) is 0. The molecule has 0 aliphatic carbocycles. The minimum absolute atomic E-state index is 0.0487. The summed E-state index contributed by atoms with van der Waals surface area (Å²) in [5.41, 5.74) is 1.94. The summed E-state index contributed by atoms with van der Waals surface area (Å²) < 4.78 is 21.2. The highest BCUT2D eigenvalue weighted by molar-refractivity contribution is 6.04. The van der Waals surface area contributed by atoms with Gasteiger partial charge in [0.2, 0.25) is 0 Å². The number of carbonyl (C=O) groups is 1.